The second-order valence-electron chi connectivity index (χ2n) is 9.11. The molecular formula is C27H38FN3O4S. The largest absolute Gasteiger partial charge is 0.352 e. The molecule has 0 aliphatic rings. The fraction of sp³-hybridized carbons (Fsp3) is 0.481. The van der Waals surface area contributed by atoms with Crippen LogP contribution in [0.25, 0.3) is 0 Å². The van der Waals surface area contributed by atoms with Crippen molar-refractivity contribution in [3.63, 3.8) is 0 Å². The number of anilines is 1. The van der Waals surface area contributed by atoms with Crippen molar-refractivity contribution in [1.29, 1.82) is 0 Å². The summed E-state index contributed by atoms with van der Waals surface area (Å²) in [4.78, 5) is 28.1. The van der Waals surface area contributed by atoms with E-state index in [1.54, 1.807) is 4.90 Å². The molecule has 2 rings (SSSR count). The molecule has 2 aromatic rings. The lowest BCUT2D eigenvalue weighted by molar-refractivity contribution is -0.141. The first-order chi connectivity index (χ1) is 17.0. The molecule has 9 heteroatoms. The zero-order valence-electron chi connectivity index (χ0n) is 21.8. The van der Waals surface area contributed by atoms with E-state index in [1.807, 2.05) is 52.0 Å². The fourth-order valence-electron chi connectivity index (χ4n) is 3.94. The number of nitrogens with one attached hydrogen (secondary N) is 1. The highest BCUT2D eigenvalue weighted by molar-refractivity contribution is 7.92. The first-order valence-corrected chi connectivity index (χ1v) is 14.2. The topological polar surface area (TPSA) is 86.8 Å². The monoisotopic (exact) mass is 519 g/mol. The van der Waals surface area contributed by atoms with Gasteiger partial charge in [0.15, 0.2) is 0 Å². The predicted octanol–water partition coefficient (Wildman–Crippen LogP) is 4.40. The molecule has 198 valence electrons. The highest BCUT2D eigenvalue weighted by Gasteiger charge is 2.29. The van der Waals surface area contributed by atoms with E-state index >= 15 is 0 Å². The van der Waals surface area contributed by atoms with Gasteiger partial charge in [-0.2, -0.15) is 0 Å². The molecule has 0 aliphatic heterocycles. The molecule has 0 heterocycles. The summed E-state index contributed by atoms with van der Waals surface area (Å²) in [6.07, 6.45) is 2.61. The SMILES string of the molecule is CC[C@H](C)NC(=O)[C@H](CC)N(Cc1ccccc1C)C(=O)CCCN(c1ccc(F)cc1)S(C)(=O)=O. The van der Waals surface area contributed by atoms with E-state index in [-0.39, 0.29) is 43.8 Å². The second kappa shape index (κ2) is 13.4. The molecule has 2 amide bonds. The lowest BCUT2D eigenvalue weighted by Gasteiger charge is -2.32. The number of amides is 2. The molecule has 0 saturated carbocycles. The Labute approximate surface area is 214 Å². The highest BCUT2D eigenvalue weighted by atomic mass is 32.2. The summed E-state index contributed by atoms with van der Waals surface area (Å²) in [5.74, 6) is -0.884. The smallest absolute Gasteiger partial charge is 0.243 e. The summed E-state index contributed by atoms with van der Waals surface area (Å²) < 4.78 is 39.2. The van der Waals surface area contributed by atoms with E-state index in [4.69, 9.17) is 0 Å². The van der Waals surface area contributed by atoms with Gasteiger partial charge in [-0.05, 0) is 68.5 Å². The maximum atomic E-state index is 13.5. The molecule has 36 heavy (non-hydrogen) atoms. The number of benzene rings is 2. The molecule has 1 N–H and O–H groups in total. The predicted molar refractivity (Wildman–Crippen MR) is 142 cm³/mol. The molecule has 0 aromatic heterocycles. The van der Waals surface area contributed by atoms with Crippen LogP contribution in [0.2, 0.25) is 0 Å². The van der Waals surface area contributed by atoms with E-state index in [9.17, 15) is 22.4 Å². The van der Waals surface area contributed by atoms with Crippen molar-refractivity contribution in [2.45, 2.75) is 72.0 Å². The number of hydrogen-bond acceptors (Lipinski definition) is 4. The molecule has 7 nitrogen and oxygen atoms in total. The summed E-state index contributed by atoms with van der Waals surface area (Å²) in [5, 5.41) is 2.99. The molecule has 0 fully saturated rings. The average molecular weight is 520 g/mol. The Hall–Kier alpha value is -2.94. The number of rotatable bonds is 13. The van der Waals surface area contributed by atoms with Crippen molar-refractivity contribution >= 4 is 27.5 Å². The number of sulfonamides is 1. The van der Waals surface area contributed by atoms with Crippen LogP contribution in [-0.2, 0) is 26.2 Å². The number of aryl methyl sites for hydroxylation is 1. The minimum atomic E-state index is -3.63. The zero-order valence-corrected chi connectivity index (χ0v) is 22.6. The Kier molecular flexibility index (Phi) is 10.9. The van der Waals surface area contributed by atoms with Crippen molar-refractivity contribution in [3.05, 3.63) is 65.5 Å². The van der Waals surface area contributed by atoms with Crippen LogP contribution in [0.4, 0.5) is 10.1 Å². The van der Waals surface area contributed by atoms with E-state index in [0.29, 0.717) is 12.1 Å². The van der Waals surface area contributed by atoms with Crippen LogP contribution in [0.1, 0.15) is 57.6 Å². The minimum absolute atomic E-state index is 0.0130. The molecule has 0 spiro atoms. The summed E-state index contributed by atoms with van der Waals surface area (Å²) in [5.41, 5.74) is 2.30. The zero-order chi connectivity index (χ0) is 26.9. The Balaban J connectivity index is 2.23. The Bertz CT molecular complexity index is 1120. The van der Waals surface area contributed by atoms with Gasteiger partial charge in [-0.15, -0.1) is 0 Å². The fourth-order valence-corrected chi connectivity index (χ4v) is 4.91. The maximum Gasteiger partial charge on any atom is 0.243 e. The van der Waals surface area contributed by atoms with Gasteiger partial charge in [0.25, 0.3) is 0 Å². The molecule has 2 aromatic carbocycles. The first kappa shape index (κ1) is 29.3. The van der Waals surface area contributed by atoms with Crippen molar-refractivity contribution in [2.75, 3.05) is 17.1 Å². The molecule has 2 atom stereocenters. The summed E-state index contributed by atoms with van der Waals surface area (Å²) in [6, 6.07) is 12.3. The third kappa shape index (κ3) is 8.33. The molecule has 0 unspecified atom stereocenters. The number of nitrogens with zero attached hydrogens (tertiary/aromatic N) is 2. The van der Waals surface area contributed by atoms with Crippen LogP contribution in [0, 0.1) is 12.7 Å². The standard InChI is InChI=1S/C27H38FN3O4S/c1-6-21(4)29-27(33)25(7-2)30(19-22-12-9-8-11-20(22)3)26(32)13-10-18-31(36(5,34)35)24-16-14-23(28)15-17-24/h8-9,11-12,14-17,21,25H,6-7,10,13,18-19H2,1-5H3,(H,29,33)/t21-,25-/m0/s1. The lowest BCUT2D eigenvalue weighted by atomic mass is 10.0. The van der Waals surface area contributed by atoms with Gasteiger partial charge in [0.1, 0.15) is 11.9 Å². The molecule has 0 saturated heterocycles. The Morgan fingerprint density at radius 3 is 2.22 bits per heavy atom. The van der Waals surface area contributed by atoms with Gasteiger partial charge in [0.2, 0.25) is 21.8 Å². The van der Waals surface area contributed by atoms with Gasteiger partial charge in [-0.25, -0.2) is 12.8 Å². The number of halogens is 1. The number of carbonyl (C=O) groups is 2. The normalized spacial score (nSPS) is 13.1. The Morgan fingerprint density at radius 1 is 1.03 bits per heavy atom. The average Bonchev–Trinajstić information content (AvgIpc) is 2.82. The van der Waals surface area contributed by atoms with Crippen molar-refractivity contribution in [2.24, 2.45) is 0 Å². The summed E-state index contributed by atoms with van der Waals surface area (Å²) >= 11 is 0. The first-order valence-electron chi connectivity index (χ1n) is 12.4. The van der Waals surface area contributed by atoms with Gasteiger partial charge >= 0.3 is 0 Å². The second-order valence-corrected chi connectivity index (χ2v) is 11.0. The van der Waals surface area contributed by atoms with Crippen LogP contribution < -0.4 is 9.62 Å². The minimum Gasteiger partial charge on any atom is -0.352 e. The number of hydrogen-bond donors (Lipinski definition) is 1. The van der Waals surface area contributed by atoms with Crippen LogP contribution in [0.3, 0.4) is 0 Å². The molecule has 0 radical (unpaired) electrons. The van der Waals surface area contributed by atoms with Crippen LogP contribution in [0.5, 0.6) is 0 Å². The van der Waals surface area contributed by atoms with Gasteiger partial charge in [-0.1, -0.05) is 38.1 Å². The maximum absolute atomic E-state index is 13.5. The lowest BCUT2D eigenvalue weighted by Crippen LogP contribution is -2.50. The van der Waals surface area contributed by atoms with E-state index in [2.05, 4.69) is 5.32 Å². The van der Waals surface area contributed by atoms with Gasteiger partial charge < -0.3 is 10.2 Å². The molecule has 0 aliphatic carbocycles. The van der Waals surface area contributed by atoms with Crippen LogP contribution in [-0.4, -0.2) is 50.0 Å². The number of carbonyl (C=O) groups excluding carboxylic acids is 2. The van der Waals surface area contributed by atoms with Gasteiger partial charge in [-0.3, -0.25) is 13.9 Å². The summed E-state index contributed by atoms with van der Waals surface area (Å²) in [6.45, 7) is 8.09. The molecular weight excluding hydrogens is 481 g/mol. The molecule has 0 bridgehead atoms. The van der Waals surface area contributed by atoms with Gasteiger partial charge in [0, 0.05) is 25.6 Å². The van der Waals surface area contributed by atoms with Gasteiger partial charge in [0.05, 0.1) is 11.9 Å². The quantitative estimate of drug-likeness (QED) is 0.425. The van der Waals surface area contributed by atoms with Crippen LogP contribution >= 0.6 is 0 Å². The van der Waals surface area contributed by atoms with E-state index < -0.39 is 21.9 Å². The van der Waals surface area contributed by atoms with Crippen molar-refractivity contribution < 1.29 is 22.4 Å². The van der Waals surface area contributed by atoms with Crippen LogP contribution in [0.15, 0.2) is 48.5 Å². The highest BCUT2D eigenvalue weighted by Crippen LogP contribution is 2.20. The van der Waals surface area contributed by atoms with Crippen molar-refractivity contribution in [1.82, 2.24) is 10.2 Å². The Morgan fingerprint density at radius 2 is 1.67 bits per heavy atom. The van der Waals surface area contributed by atoms with Crippen molar-refractivity contribution in [3.8, 4) is 0 Å². The summed E-state index contributed by atoms with van der Waals surface area (Å²) in [7, 11) is -3.63. The third-order valence-electron chi connectivity index (χ3n) is 6.26. The van der Waals surface area contributed by atoms with E-state index in [1.165, 1.54) is 28.6 Å². The van der Waals surface area contributed by atoms with E-state index in [0.717, 1.165) is 23.8 Å². The third-order valence-corrected chi connectivity index (χ3v) is 7.45.